The molecule has 3 heterocycles. The summed E-state index contributed by atoms with van der Waals surface area (Å²) < 4.78 is 6.09. The number of nitrogens with two attached hydrogens (primary N) is 1. The Labute approximate surface area is 152 Å². The third-order valence-electron chi connectivity index (χ3n) is 5.61. The molecule has 134 valence electrons. The molecular formula is C19H22N6O. The molecule has 2 aromatic rings. The maximum Gasteiger partial charge on any atom is 0.291 e. The van der Waals surface area contributed by atoms with Crippen molar-refractivity contribution < 1.29 is 4.74 Å². The molecule has 7 heteroatoms. The van der Waals surface area contributed by atoms with Gasteiger partial charge in [0.25, 0.3) is 5.85 Å². The van der Waals surface area contributed by atoms with Crippen LogP contribution in [0.4, 0.5) is 11.5 Å². The summed E-state index contributed by atoms with van der Waals surface area (Å²) >= 11 is 0. The Morgan fingerprint density at radius 2 is 1.88 bits per heavy atom. The molecule has 0 bridgehead atoms. The minimum atomic E-state index is -0.778. The monoisotopic (exact) mass is 350 g/mol. The van der Waals surface area contributed by atoms with Gasteiger partial charge in [-0.15, -0.1) is 0 Å². The predicted molar refractivity (Wildman–Crippen MR) is 99.2 cm³/mol. The highest BCUT2D eigenvalue weighted by atomic mass is 16.6. The molecule has 1 aromatic carbocycles. The van der Waals surface area contributed by atoms with E-state index in [0.29, 0.717) is 23.3 Å². The predicted octanol–water partition coefficient (Wildman–Crippen LogP) is 2.72. The van der Waals surface area contributed by atoms with Crippen LogP contribution >= 0.6 is 0 Å². The second kappa shape index (κ2) is 5.75. The molecule has 7 nitrogen and oxygen atoms in total. The maximum absolute atomic E-state index is 6.09. The Hall–Kier alpha value is -2.51. The summed E-state index contributed by atoms with van der Waals surface area (Å²) in [5.74, 6) is 0.629. The number of nitrogen functional groups attached to an aromatic ring is 1. The number of hydrogen-bond donors (Lipinski definition) is 2. The van der Waals surface area contributed by atoms with Crippen LogP contribution in [0.25, 0.3) is 0 Å². The van der Waals surface area contributed by atoms with Crippen molar-refractivity contribution >= 4 is 17.2 Å². The van der Waals surface area contributed by atoms with E-state index in [1.807, 2.05) is 12.1 Å². The lowest BCUT2D eigenvalue weighted by atomic mass is 9.84. The first kappa shape index (κ1) is 15.7. The lowest BCUT2D eigenvalue weighted by Crippen LogP contribution is -2.40. The third kappa shape index (κ3) is 2.39. The number of benzene rings is 1. The van der Waals surface area contributed by atoms with E-state index >= 15 is 0 Å². The fraction of sp³-hybridized carbons (Fsp3) is 0.421. The smallest absolute Gasteiger partial charge is 0.291 e. The average molecular weight is 350 g/mol. The number of fused-ring (bicyclic) bond motifs is 1. The quantitative estimate of drug-likeness (QED) is 0.808. The van der Waals surface area contributed by atoms with E-state index in [-0.39, 0.29) is 0 Å². The van der Waals surface area contributed by atoms with Gasteiger partial charge in [-0.3, -0.25) is 0 Å². The van der Waals surface area contributed by atoms with E-state index in [4.69, 9.17) is 15.5 Å². The second-order valence-electron chi connectivity index (χ2n) is 7.25. The largest absolute Gasteiger partial charge is 0.431 e. The van der Waals surface area contributed by atoms with Crippen LogP contribution in [0.1, 0.15) is 49.1 Å². The number of nitrogens with zero attached hydrogens (tertiary/aromatic N) is 4. The molecule has 2 fully saturated rings. The maximum atomic E-state index is 6.09. The summed E-state index contributed by atoms with van der Waals surface area (Å²) in [4.78, 5) is 13.0. The standard InChI is InChI=1S/C19H22N6O/c1-25-19(24-25)16(23-15-17(20)21-11-22-18(15)26-19)14-9-7-13(8-10-14)12-5-3-2-4-6-12/h7-12,24H,2-6H2,1H3,(H2,20,21,22). The summed E-state index contributed by atoms with van der Waals surface area (Å²) in [6, 6.07) is 8.72. The summed E-state index contributed by atoms with van der Waals surface area (Å²) in [7, 11) is 1.92. The van der Waals surface area contributed by atoms with Crippen molar-refractivity contribution in [3.63, 3.8) is 0 Å². The summed E-state index contributed by atoms with van der Waals surface area (Å²) in [6.07, 6.45) is 8.01. The Morgan fingerprint density at radius 3 is 2.58 bits per heavy atom. The van der Waals surface area contributed by atoms with Crippen LogP contribution < -0.4 is 15.9 Å². The molecule has 2 aliphatic heterocycles. The molecule has 1 aliphatic carbocycles. The first-order valence-corrected chi connectivity index (χ1v) is 9.18. The van der Waals surface area contributed by atoms with Gasteiger partial charge in [0.2, 0.25) is 5.88 Å². The highest BCUT2D eigenvalue weighted by Gasteiger charge is 2.60. The molecular weight excluding hydrogens is 328 g/mol. The van der Waals surface area contributed by atoms with Gasteiger partial charge in [-0.1, -0.05) is 43.5 Å². The van der Waals surface area contributed by atoms with Crippen LogP contribution in [-0.2, 0) is 0 Å². The SMILES string of the molecule is CN1NC12Oc1ncnc(N)c1N=C2c1ccc(C2CCCCC2)cc1. The average Bonchev–Trinajstić information content (AvgIpc) is 3.31. The van der Waals surface area contributed by atoms with Gasteiger partial charge >= 0.3 is 0 Å². The molecule has 1 spiro atoms. The van der Waals surface area contributed by atoms with E-state index < -0.39 is 5.85 Å². The Kier molecular flexibility index (Phi) is 3.48. The zero-order valence-electron chi connectivity index (χ0n) is 14.8. The molecule has 2 unspecified atom stereocenters. The van der Waals surface area contributed by atoms with Gasteiger partial charge in [-0.2, -0.15) is 15.4 Å². The number of rotatable bonds is 2. The minimum absolute atomic E-state index is 0.324. The van der Waals surface area contributed by atoms with E-state index in [0.717, 1.165) is 11.3 Å². The molecule has 0 radical (unpaired) electrons. The lowest BCUT2D eigenvalue weighted by molar-refractivity contribution is 0.180. The summed E-state index contributed by atoms with van der Waals surface area (Å²) in [5.41, 5.74) is 12.9. The zero-order valence-corrected chi connectivity index (χ0v) is 14.8. The lowest BCUT2D eigenvalue weighted by Gasteiger charge is -2.25. The van der Waals surface area contributed by atoms with Gasteiger partial charge < -0.3 is 10.5 Å². The van der Waals surface area contributed by atoms with Gasteiger partial charge in [0.05, 0.1) is 0 Å². The van der Waals surface area contributed by atoms with Crippen molar-refractivity contribution in [1.82, 2.24) is 20.4 Å². The van der Waals surface area contributed by atoms with Gasteiger partial charge in [0.1, 0.15) is 12.0 Å². The molecule has 0 amide bonds. The summed E-state index contributed by atoms with van der Waals surface area (Å²) in [6.45, 7) is 0. The number of nitrogens with one attached hydrogen (secondary N) is 1. The van der Waals surface area contributed by atoms with Crippen LogP contribution in [0.5, 0.6) is 5.88 Å². The van der Waals surface area contributed by atoms with Gasteiger partial charge in [0.15, 0.2) is 11.5 Å². The molecule has 26 heavy (non-hydrogen) atoms. The fourth-order valence-electron chi connectivity index (χ4n) is 4.05. The highest BCUT2D eigenvalue weighted by molar-refractivity contribution is 6.10. The zero-order chi connectivity index (χ0) is 17.7. The van der Waals surface area contributed by atoms with Crippen molar-refractivity contribution in [3.05, 3.63) is 41.7 Å². The Bertz CT molecular complexity index is 874. The van der Waals surface area contributed by atoms with Gasteiger partial charge in [-0.05, 0) is 24.3 Å². The van der Waals surface area contributed by atoms with Crippen molar-refractivity contribution in [2.24, 2.45) is 4.99 Å². The van der Waals surface area contributed by atoms with Crippen LogP contribution in [0, 0.1) is 0 Å². The molecule has 5 rings (SSSR count). The van der Waals surface area contributed by atoms with Crippen LogP contribution in [-0.4, -0.2) is 33.6 Å². The summed E-state index contributed by atoms with van der Waals surface area (Å²) in [5, 5.41) is 1.88. The number of aliphatic imine (C=N–C) groups is 1. The van der Waals surface area contributed by atoms with Gasteiger partial charge in [0, 0.05) is 12.6 Å². The van der Waals surface area contributed by atoms with Gasteiger partial charge in [-0.25, -0.2) is 9.98 Å². The fourth-order valence-corrected chi connectivity index (χ4v) is 4.05. The van der Waals surface area contributed by atoms with Crippen LogP contribution in [0.15, 0.2) is 35.6 Å². The third-order valence-corrected chi connectivity index (χ3v) is 5.61. The Balaban J connectivity index is 1.52. The van der Waals surface area contributed by atoms with Crippen molar-refractivity contribution in [2.45, 2.75) is 43.9 Å². The molecule has 3 aliphatic rings. The molecule has 1 saturated carbocycles. The van der Waals surface area contributed by atoms with Crippen molar-refractivity contribution in [3.8, 4) is 5.88 Å². The number of aromatic nitrogens is 2. The van der Waals surface area contributed by atoms with E-state index in [9.17, 15) is 0 Å². The van der Waals surface area contributed by atoms with Crippen LogP contribution in [0.2, 0.25) is 0 Å². The second-order valence-corrected chi connectivity index (χ2v) is 7.25. The van der Waals surface area contributed by atoms with E-state index in [1.165, 1.54) is 44.0 Å². The number of likely N-dealkylation sites (N-methyl/N-ethyl adjacent to an activating group) is 1. The number of hydrogen-bond acceptors (Lipinski definition) is 7. The first-order chi connectivity index (χ1) is 12.7. The van der Waals surface area contributed by atoms with Crippen LogP contribution in [0.3, 0.4) is 0 Å². The minimum Gasteiger partial charge on any atom is -0.431 e. The van der Waals surface area contributed by atoms with Crippen molar-refractivity contribution in [2.75, 3.05) is 12.8 Å². The molecule has 2 atom stereocenters. The van der Waals surface area contributed by atoms with Crippen molar-refractivity contribution in [1.29, 1.82) is 0 Å². The highest BCUT2D eigenvalue weighted by Crippen LogP contribution is 2.43. The molecule has 3 N–H and O–H groups in total. The first-order valence-electron chi connectivity index (χ1n) is 9.18. The number of ether oxygens (including phenoxy) is 1. The normalized spacial score (nSPS) is 27.6. The number of hydrazine groups is 1. The molecule has 1 aromatic heterocycles. The Morgan fingerprint density at radius 1 is 1.15 bits per heavy atom. The molecule has 1 saturated heterocycles. The van der Waals surface area contributed by atoms with E-state index in [2.05, 4.69) is 39.7 Å². The number of anilines is 1. The topological polar surface area (TPSA) is 98.3 Å². The van der Waals surface area contributed by atoms with E-state index in [1.54, 1.807) is 0 Å².